The second-order valence-electron chi connectivity index (χ2n) is 10.4. The van der Waals surface area contributed by atoms with Crippen LogP contribution < -0.4 is 0 Å². The van der Waals surface area contributed by atoms with E-state index in [-0.39, 0.29) is 0 Å². The molecule has 1 nitrogen and oxygen atoms in total. The molecule has 0 atom stereocenters. The predicted molar refractivity (Wildman–Crippen MR) is 171 cm³/mol. The van der Waals surface area contributed by atoms with Crippen LogP contribution in [-0.4, -0.2) is 4.98 Å². The molecular formula is C39H25N. The fourth-order valence-electron chi connectivity index (χ4n) is 6.28. The van der Waals surface area contributed by atoms with Crippen LogP contribution in [-0.2, 0) is 0 Å². The fraction of sp³-hybridized carbons (Fsp3) is 0. The molecule has 1 heteroatoms. The van der Waals surface area contributed by atoms with E-state index in [1.54, 1.807) is 0 Å². The molecule has 8 aromatic rings. The van der Waals surface area contributed by atoms with Crippen molar-refractivity contribution in [1.29, 1.82) is 0 Å². The van der Waals surface area contributed by atoms with Crippen molar-refractivity contribution in [3.63, 3.8) is 0 Å². The monoisotopic (exact) mass is 507 g/mol. The van der Waals surface area contributed by atoms with Gasteiger partial charge in [0.2, 0.25) is 0 Å². The number of aromatic nitrogens is 1. The SMILES string of the molecule is c1ccc(-c2c3ccccc3c(-c3ccc4ccccc4c3)c3ccncc23)c(-c2ccc3ccccc3c2)c1. The van der Waals surface area contributed by atoms with E-state index < -0.39 is 0 Å². The van der Waals surface area contributed by atoms with Gasteiger partial charge in [-0.15, -0.1) is 0 Å². The van der Waals surface area contributed by atoms with Crippen LogP contribution in [0, 0.1) is 0 Å². The smallest absolute Gasteiger partial charge is 0.0353 e. The molecule has 0 aliphatic carbocycles. The van der Waals surface area contributed by atoms with Crippen LogP contribution in [0.15, 0.2) is 152 Å². The molecule has 0 fully saturated rings. The number of benzene rings is 7. The summed E-state index contributed by atoms with van der Waals surface area (Å²) < 4.78 is 0. The van der Waals surface area contributed by atoms with Gasteiger partial charge in [0.15, 0.2) is 0 Å². The summed E-state index contributed by atoms with van der Waals surface area (Å²) in [4.78, 5) is 4.63. The first-order chi connectivity index (χ1) is 19.8. The van der Waals surface area contributed by atoms with Crippen LogP contribution in [0.4, 0.5) is 0 Å². The Balaban J connectivity index is 1.45. The second-order valence-corrected chi connectivity index (χ2v) is 10.4. The minimum Gasteiger partial charge on any atom is -0.264 e. The number of rotatable bonds is 3. The first kappa shape index (κ1) is 22.7. The van der Waals surface area contributed by atoms with E-state index in [1.165, 1.54) is 71.1 Å². The lowest BCUT2D eigenvalue weighted by Crippen LogP contribution is -1.93. The highest BCUT2D eigenvalue weighted by Crippen LogP contribution is 2.46. The highest BCUT2D eigenvalue weighted by Gasteiger charge is 2.19. The Morgan fingerprint density at radius 1 is 0.350 bits per heavy atom. The van der Waals surface area contributed by atoms with Gasteiger partial charge in [0.25, 0.3) is 0 Å². The van der Waals surface area contributed by atoms with Crippen LogP contribution >= 0.6 is 0 Å². The van der Waals surface area contributed by atoms with Crippen molar-refractivity contribution in [2.45, 2.75) is 0 Å². The van der Waals surface area contributed by atoms with Crippen molar-refractivity contribution in [3.05, 3.63) is 152 Å². The van der Waals surface area contributed by atoms with Gasteiger partial charge in [-0.25, -0.2) is 0 Å². The molecule has 7 aromatic carbocycles. The molecule has 1 aromatic heterocycles. The topological polar surface area (TPSA) is 12.9 Å². The third-order valence-corrected chi connectivity index (χ3v) is 8.12. The van der Waals surface area contributed by atoms with Crippen LogP contribution in [0.3, 0.4) is 0 Å². The molecule has 0 aliphatic heterocycles. The maximum atomic E-state index is 4.63. The minimum atomic E-state index is 1.16. The number of hydrogen-bond donors (Lipinski definition) is 0. The molecule has 0 saturated heterocycles. The van der Waals surface area contributed by atoms with Crippen molar-refractivity contribution >= 4 is 43.1 Å². The lowest BCUT2D eigenvalue weighted by atomic mass is 9.84. The summed E-state index contributed by atoms with van der Waals surface area (Å²) in [6.07, 6.45) is 3.96. The summed E-state index contributed by atoms with van der Waals surface area (Å²) in [6, 6.07) is 50.5. The Bertz CT molecular complexity index is 2170. The number of pyridine rings is 1. The number of hydrogen-bond acceptors (Lipinski definition) is 1. The summed E-state index contributed by atoms with van der Waals surface area (Å²) in [6.45, 7) is 0. The lowest BCUT2D eigenvalue weighted by molar-refractivity contribution is 1.37. The molecule has 186 valence electrons. The van der Waals surface area contributed by atoms with E-state index in [0.29, 0.717) is 0 Å². The van der Waals surface area contributed by atoms with Crippen molar-refractivity contribution in [2.75, 3.05) is 0 Å². The van der Waals surface area contributed by atoms with Crippen LogP contribution in [0.1, 0.15) is 0 Å². The van der Waals surface area contributed by atoms with Crippen molar-refractivity contribution in [2.24, 2.45) is 0 Å². The molecule has 1 heterocycles. The van der Waals surface area contributed by atoms with E-state index in [1.807, 2.05) is 12.4 Å². The van der Waals surface area contributed by atoms with Crippen LogP contribution in [0.5, 0.6) is 0 Å². The molecule has 0 radical (unpaired) electrons. The Kier molecular flexibility index (Phi) is 5.21. The maximum absolute atomic E-state index is 4.63. The molecule has 0 unspecified atom stereocenters. The van der Waals surface area contributed by atoms with Gasteiger partial charge >= 0.3 is 0 Å². The van der Waals surface area contributed by atoms with Crippen molar-refractivity contribution in [3.8, 4) is 33.4 Å². The Morgan fingerprint density at radius 2 is 0.875 bits per heavy atom. The molecule has 0 N–H and O–H groups in total. The summed E-state index contributed by atoms with van der Waals surface area (Å²) in [5.41, 5.74) is 7.37. The second kappa shape index (κ2) is 9.18. The van der Waals surface area contributed by atoms with Crippen LogP contribution in [0.2, 0.25) is 0 Å². The standard InChI is InChI=1S/C39H25N/c1-3-11-28-23-30(19-17-26(28)9-1)32-13-5-6-14-33(32)39-35-16-8-7-15-34(35)38(36-21-22-40-25-37(36)39)31-20-18-27-10-2-4-12-29(27)24-31/h1-25H. The molecule has 0 aliphatic rings. The number of nitrogens with zero attached hydrogens (tertiary/aromatic N) is 1. The zero-order valence-electron chi connectivity index (χ0n) is 21.9. The third-order valence-electron chi connectivity index (χ3n) is 8.12. The number of fused-ring (bicyclic) bond motifs is 4. The van der Waals surface area contributed by atoms with Gasteiger partial charge in [-0.2, -0.15) is 0 Å². The van der Waals surface area contributed by atoms with E-state index in [9.17, 15) is 0 Å². The molecule has 0 bridgehead atoms. The van der Waals surface area contributed by atoms with Gasteiger partial charge in [0, 0.05) is 17.8 Å². The zero-order valence-corrected chi connectivity index (χ0v) is 21.9. The molecular weight excluding hydrogens is 482 g/mol. The summed E-state index contributed by atoms with van der Waals surface area (Å²) in [5.74, 6) is 0. The molecule has 0 amide bonds. The van der Waals surface area contributed by atoms with E-state index >= 15 is 0 Å². The fourth-order valence-corrected chi connectivity index (χ4v) is 6.28. The summed E-state index contributed by atoms with van der Waals surface area (Å²) >= 11 is 0. The van der Waals surface area contributed by atoms with Gasteiger partial charge in [0.1, 0.15) is 0 Å². The first-order valence-corrected chi connectivity index (χ1v) is 13.7. The van der Waals surface area contributed by atoms with Gasteiger partial charge in [-0.1, -0.05) is 121 Å². The highest BCUT2D eigenvalue weighted by atomic mass is 14.6. The summed E-state index contributed by atoms with van der Waals surface area (Å²) in [5, 5.41) is 9.87. The first-order valence-electron chi connectivity index (χ1n) is 13.7. The molecule has 40 heavy (non-hydrogen) atoms. The normalized spacial score (nSPS) is 11.5. The lowest BCUT2D eigenvalue weighted by Gasteiger charge is -2.19. The Labute approximate surface area is 233 Å². The van der Waals surface area contributed by atoms with E-state index in [0.717, 1.165) is 5.39 Å². The largest absolute Gasteiger partial charge is 0.264 e. The average Bonchev–Trinajstić information content (AvgIpc) is 3.03. The highest BCUT2D eigenvalue weighted by molar-refractivity contribution is 6.22. The van der Waals surface area contributed by atoms with Gasteiger partial charge < -0.3 is 0 Å². The maximum Gasteiger partial charge on any atom is 0.0353 e. The third kappa shape index (κ3) is 3.60. The van der Waals surface area contributed by atoms with E-state index in [4.69, 9.17) is 0 Å². The quantitative estimate of drug-likeness (QED) is 0.217. The zero-order chi connectivity index (χ0) is 26.5. The predicted octanol–water partition coefficient (Wildman–Crippen LogP) is 10.7. The van der Waals surface area contributed by atoms with E-state index in [2.05, 4.69) is 145 Å². The van der Waals surface area contributed by atoms with Crippen LogP contribution in [0.25, 0.3) is 76.5 Å². The van der Waals surface area contributed by atoms with Gasteiger partial charge in [-0.3, -0.25) is 4.98 Å². The van der Waals surface area contributed by atoms with Gasteiger partial charge in [0.05, 0.1) is 0 Å². The Hall–Kier alpha value is -5.27. The Morgan fingerprint density at radius 3 is 1.60 bits per heavy atom. The molecule has 8 rings (SSSR count). The summed E-state index contributed by atoms with van der Waals surface area (Å²) in [7, 11) is 0. The van der Waals surface area contributed by atoms with Crippen molar-refractivity contribution in [1.82, 2.24) is 4.98 Å². The molecule has 0 saturated carbocycles. The molecule has 0 spiro atoms. The average molecular weight is 508 g/mol. The van der Waals surface area contributed by atoms with Crippen molar-refractivity contribution < 1.29 is 0 Å². The minimum absolute atomic E-state index is 1.16. The van der Waals surface area contributed by atoms with Gasteiger partial charge in [-0.05, 0) is 89.3 Å².